The molecule has 8 nitrogen and oxygen atoms in total. The van der Waals surface area contributed by atoms with Gasteiger partial charge in [0, 0.05) is 38.5 Å². The molecule has 2 fully saturated rings. The third kappa shape index (κ3) is 7.08. The van der Waals surface area contributed by atoms with Gasteiger partial charge in [-0.2, -0.15) is 0 Å². The zero-order chi connectivity index (χ0) is 30.2. The average Bonchev–Trinajstić information content (AvgIpc) is 3.02. The Bertz CT molecular complexity index is 1380. The molecule has 1 spiro atoms. The standard InChI is InChI=1S/C35H41N3O5/c1-2-19-38-33(41)31(22-27-13-15-30(16-14-27)43-25-28-11-7-4-8-12-28)36-34(42)35(38)18-21-37(24-29(35)23-32(39)40)20-17-26-9-5-3-6-10-26/h3-16,29,31H,2,17-25H2,1H3,(H,36,42)(H,39,40)/t29?,31-,35?/m0/s1. The maximum absolute atomic E-state index is 14.0. The van der Waals surface area contributed by atoms with E-state index in [1.165, 1.54) is 5.56 Å². The summed E-state index contributed by atoms with van der Waals surface area (Å²) in [5.41, 5.74) is 2.04. The summed E-state index contributed by atoms with van der Waals surface area (Å²) in [6.07, 6.45) is 2.12. The molecule has 5 rings (SSSR count). The van der Waals surface area contributed by atoms with Crippen molar-refractivity contribution in [3.63, 3.8) is 0 Å². The van der Waals surface area contributed by atoms with E-state index < -0.39 is 23.5 Å². The summed E-state index contributed by atoms with van der Waals surface area (Å²) in [5.74, 6) is -1.11. The molecule has 8 heteroatoms. The largest absolute Gasteiger partial charge is 0.489 e. The summed E-state index contributed by atoms with van der Waals surface area (Å²) in [4.78, 5) is 44.0. The fraction of sp³-hybridized carbons (Fsp3) is 0.400. The Morgan fingerprint density at radius 2 is 1.60 bits per heavy atom. The zero-order valence-electron chi connectivity index (χ0n) is 24.8. The third-order valence-corrected chi connectivity index (χ3v) is 8.75. The first-order chi connectivity index (χ1) is 20.9. The lowest BCUT2D eigenvalue weighted by Gasteiger charge is -2.55. The number of carbonyl (C=O) groups is 3. The molecule has 2 aliphatic heterocycles. The quantitative estimate of drug-likeness (QED) is 0.330. The van der Waals surface area contributed by atoms with Crippen molar-refractivity contribution in [1.82, 2.24) is 15.1 Å². The van der Waals surface area contributed by atoms with E-state index >= 15 is 0 Å². The first-order valence-electron chi connectivity index (χ1n) is 15.2. The van der Waals surface area contributed by atoms with Gasteiger partial charge in [0.05, 0.1) is 6.42 Å². The van der Waals surface area contributed by atoms with Crippen LogP contribution in [0.2, 0.25) is 0 Å². The van der Waals surface area contributed by atoms with Crippen LogP contribution in [0.25, 0.3) is 0 Å². The molecule has 2 N–H and O–H groups in total. The van der Waals surface area contributed by atoms with Gasteiger partial charge in [0.2, 0.25) is 11.8 Å². The summed E-state index contributed by atoms with van der Waals surface area (Å²) in [7, 11) is 0. The van der Waals surface area contributed by atoms with E-state index in [2.05, 4.69) is 22.3 Å². The number of benzene rings is 3. The van der Waals surface area contributed by atoms with Crippen LogP contribution in [-0.4, -0.2) is 70.4 Å². The number of aliphatic carboxylic acids is 1. The lowest BCUT2D eigenvalue weighted by molar-refractivity contribution is -0.168. The van der Waals surface area contributed by atoms with Crippen molar-refractivity contribution >= 4 is 17.8 Å². The lowest BCUT2D eigenvalue weighted by Crippen LogP contribution is -2.76. The normalized spacial score (nSPS) is 22.4. The summed E-state index contributed by atoms with van der Waals surface area (Å²) < 4.78 is 5.90. The highest BCUT2D eigenvalue weighted by atomic mass is 16.5. The molecule has 2 heterocycles. The molecule has 0 radical (unpaired) electrons. The molecule has 226 valence electrons. The van der Waals surface area contributed by atoms with E-state index in [1.54, 1.807) is 4.90 Å². The Labute approximate surface area is 253 Å². The van der Waals surface area contributed by atoms with E-state index in [1.807, 2.05) is 79.7 Å². The Kier molecular flexibility index (Phi) is 9.77. The number of nitrogens with one attached hydrogen (secondary N) is 1. The first kappa shape index (κ1) is 30.3. The first-order valence-corrected chi connectivity index (χ1v) is 15.2. The number of piperidine rings is 1. The highest BCUT2D eigenvalue weighted by Gasteiger charge is 2.58. The number of hydrogen-bond donors (Lipinski definition) is 2. The van der Waals surface area contributed by atoms with Gasteiger partial charge in [-0.15, -0.1) is 0 Å². The van der Waals surface area contributed by atoms with Crippen molar-refractivity contribution < 1.29 is 24.2 Å². The minimum absolute atomic E-state index is 0.140. The van der Waals surface area contributed by atoms with Gasteiger partial charge in [-0.1, -0.05) is 79.7 Å². The molecule has 2 unspecified atom stereocenters. The van der Waals surface area contributed by atoms with Crippen molar-refractivity contribution in [2.45, 2.75) is 57.2 Å². The van der Waals surface area contributed by atoms with Gasteiger partial charge >= 0.3 is 5.97 Å². The molecule has 3 aromatic rings. The number of carboxylic acids is 1. The highest BCUT2D eigenvalue weighted by Crippen LogP contribution is 2.39. The summed E-state index contributed by atoms with van der Waals surface area (Å²) in [6.45, 7) is 4.71. The molecule has 0 aliphatic carbocycles. The second kappa shape index (κ2) is 13.9. The predicted molar refractivity (Wildman–Crippen MR) is 165 cm³/mol. The summed E-state index contributed by atoms with van der Waals surface area (Å²) in [6, 6.07) is 27.0. The van der Waals surface area contributed by atoms with Crippen LogP contribution in [0.4, 0.5) is 0 Å². The summed E-state index contributed by atoms with van der Waals surface area (Å²) in [5, 5.41) is 12.9. The second-order valence-electron chi connectivity index (χ2n) is 11.6. The van der Waals surface area contributed by atoms with Crippen molar-refractivity contribution in [3.8, 4) is 5.75 Å². The van der Waals surface area contributed by atoms with Crippen LogP contribution in [0, 0.1) is 5.92 Å². The van der Waals surface area contributed by atoms with Gasteiger partial charge in [-0.05, 0) is 48.1 Å². The molecule has 2 saturated heterocycles. The van der Waals surface area contributed by atoms with Crippen LogP contribution in [0.1, 0.15) is 42.9 Å². The lowest BCUT2D eigenvalue weighted by atomic mass is 9.71. The fourth-order valence-corrected chi connectivity index (χ4v) is 6.54. The number of carbonyl (C=O) groups excluding carboxylic acids is 2. The molecular formula is C35H41N3O5. The predicted octanol–water partition coefficient (Wildman–Crippen LogP) is 4.32. The molecule has 3 aromatic carbocycles. The third-order valence-electron chi connectivity index (χ3n) is 8.75. The number of amides is 2. The Hall–Kier alpha value is -4.17. The molecule has 3 atom stereocenters. The van der Waals surface area contributed by atoms with E-state index in [0.29, 0.717) is 45.5 Å². The fourth-order valence-electron chi connectivity index (χ4n) is 6.54. The number of likely N-dealkylation sites (tertiary alicyclic amines) is 1. The van der Waals surface area contributed by atoms with Gasteiger partial charge in [-0.25, -0.2) is 0 Å². The van der Waals surface area contributed by atoms with Gasteiger partial charge in [-0.3, -0.25) is 14.4 Å². The van der Waals surface area contributed by atoms with Crippen LogP contribution in [0.15, 0.2) is 84.9 Å². The van der Waals surface area contributed by atoms with Crippen LogP contribution >= 0.6 is 0 Å². The minimum Gasteiger partial charge on any atom is -0.489 e. The highest BCUT2D eigenvalue weighted by molar-refractivity contribution is 6.00. The number of nitrogens with zero attached hydrogens (tertiary/aromatic N) is 2. The van der Waals surface area contributed by atoms with Crippen LogP contribution in [0.3, 0.4) is 0 Å². The van der Waals surface area contributed by atoms with Crippen molar-refractivity contribution in [2.24, 2.45) is 5.92 Å². The Morgan fingerprint density at radius 1 is 0.930 bits per heavy atom. The minimum atomic E-state index is -1.17. The summed E-state index contributed by atoms with van der Waals surface area (Å²) >= 11 is 0. The van der Waals surface area contributed by atoms with E-state index in [4.69, 9.17) is 4.74 Å². The van der Waals surface area contributed by atoms with E-state index in [-0.39, 0.29) is 18.2 Å². The van der Waals surface area contributed by atoms with Crippen LogP contribution < -0.4 is 10.1 Å². The monoisotopic (exact) mass is 583 g/mol. The number of hydrogen-bond acceptors (Lipinski definition) is 5. The van der Waals surface area contributed by atoms with Gasteiger partial charge in [0.1, 0.15) is 23.9 Å². The van der Waals surface area contributed by atoms with Gasteiger partial charge in [0.15, 0.2) is 0 Å². The number of rotatable bonds is 12. The smallest absolute Gasteiger partial charge is 0.303 e. The second-order valence-corrected chi connectivity index (χ2v) is 11.6. The van der Waals surface area contributed by atoms with Crippen LogP contribution in [-0.2, 0) is 33.8 Å². The molecule has 2 amide bonds. The Balaban J connectivity index is 1.28. The van der Waals surface area contributed by atoms with E-state index in [0.717, 1.165) is 29.8 Å². The topological polar surface area (TPSA) is 99.2 Å². The van der Waals surface area contributed by atoms with Crippen molar-refractivity contribution in [3.05, 3.63) is 102 Å². The molecule has 2 aliphatic rings. The SMILES string of the molecule is CCCN1C(=O)[C@H](Cc2ccc(OCc3ccccc3)cc2)NC(=O)C12CCN(CCc1ccccc1)CC2CC(=O)O. The van der Waals surface area contributed by atoms with Crippen LogP contribution in [0.5, 0.6) is 5.75 Å². The number of carboxylic acid groups (broad SMARTS) is 1. The number of ether oxygens (including phenoxy) is 1. The molecular weight excluding hydrogens is 542 g/mol. The maximum Gasteiger partial charge on any atom is 0.303 e. The maximum atomic E-state index is 14.0. The number of piperazine rings is 1. The molecule has 0 aromatic heterocycles. The molecule has 0 saturated carbocycles. The van der Waals surface area contributed by atoms with Gasteiger partial charge in [0.25, 0.3) is 0 Å². The molecule has 0 bridgehead atoms. The van der Waals surface area contributed by atoms with Crippen molar-refractivity contribution in [1.29, 1.82) is 0 Å². The van der Waals surface area contributed by atoms with E-state index in [9.17, 15) is 19.5 Å². The zero-order valence-corrected chi connectivity index (χ0v) is 24.8. The van der Waals surface area contributed by atoms with Crippen molar-refractivity contribution in [2.75, 3.05) is 26.2 Å². The Morgan fingerprint density at radius 3 is 2.26 bits per heavy atom. The average molecular weight is 584 g/mol. The molecule has 43 heavy (non-hydrogen) atoms. The van der Waals surface area contributed by atoms with Gasteiger partial charge < -0.3 is 25.0 Å².